The number of morpholine rings is 1. The van der Waals surface area contributed by atoms with E-state index in [0.29, 0.717) is 61.3 Å². The van der Waals surface area contributed by atoms with Crippen LogP contribution in [0.15, 0.2) is 64.2 Å². The molecule has 0 spiro atoms. The van der Waals surface area contributed by atoms with E-state index in [1.807, 2.05) is 42.2 Å². The Kier molecular flexibility index (Phi) is 9.73. The zero-order chi connectivity index (χ0) is 29.5. The molecule has 1 aromatic heterocycles. The standard InChI is InChI=1S/C30H31BrClN7O3/c1-19-4-6-21(7-5-19)18-42-26-9-8-22(15-27(26)40-3)17-33-38-29-35-28(34-25-16-24(32)20(2)14-23(25)31)36-30(37-29)39-10-12-41-13-11-39/h4-9,14-17H,10-13,18H2,1-3H3,(H2,34,35,36,37,38)/b33-17+. The third-order valence-corrected chi connectivity index (χ3v) is 7.56. The predicted octanol–water partition coefficient (Wildman–Crippen LogP) is 6.52. The molecule has 3 aromatic carbocycles. The van der Waals surface area contributed by atoms with Crippen molar-refractivity contribution < 1.29 is 14.2 Å². The maximum atomic E-state index is 6.36. The van der Waals surface area contributed by atoms with Crippen molar-refractivity contribution in [3.8, 4) is 11.5 Å². The van der Waals surface area contributed by atoms with Crippen LogP contribution in [0.3, 0.4) is 0 Å². The lowest BCUT2D eigenvalue weighted by molar-refractivity contribution is 0.122. The summed E-state index contributed by atoms with van der Waals surface area (Å²) < 4.78 is 17.9. The largest absolute Gasteiger partial charge is 0.493 e. The van der Waals surface area contributed by atoms with Crippen LogP contribution in [-0.4, -0.2) is 54.6 Å². The maximum Gasteiger partial charge on any atom is 0.250 e. The molecule has 218 valence electrons. The summed E-state index contributed by atoms with van der Waals surface area (Å²) in [7, 11) is 1.61. The van der Waals surface area contributed by atoms with E-state index in [9.17, 15) is 0 Å². The van der Waals surface area contributed by atoms with Gasteiger partial charge >= 0.3 is 0 Å². The van der Waals surface area contributed by atoms with Crippen LogP contribution in [0.5, 0.6) is 11.5 Å². The highest BCUT2D eigenvalue weighted by molar-refractivity contribution is 9.10. The number of rotatable bonds is 10. The first-order chi connectivity index (χ1) is 20.4. The lowest BCUT2D eigenvalue weighted by Crippen LogP contribution is -2.37. The highest BCUT2D eigenvalue weighted by Gasteiger charge is 2.17. The molecule has 0 radical (unpaired) electrons. The summed E-state index contributed by atoms with van der Waals surface area (Å²) >= 11 is 9.94. The number of hydrogen-bond acceptors (Lipinski definition) is 10. The van der Waals surface area contributed by atoms with E-state index in [1.54, 1.807) is 13.3 Å². The topological polar surface area (TPSA) is 106 Å². The third kappa shape index (κ3) is 7.67. The minimum atomic E-state index is 0.282. The van der Waals surface area contributed by atoms with Crippen molar-refractivity contribution in [3.63, 3.8) is 0 Å². The fourth-order valence-corrected chi connectivity index (χ4v) is 4.85. The number of anilines is 4. The van der Waals surface area contributed by atoms with Crippen molar-refractivity contribution >= 4 is 57.3 Å². The molecule has 0 atom stereocenters. The Morgan fingerprint density at radius 1 is 1.00 bits per heavy atom. The Balaban J connectivity index is 1.32. The number of ether oxygens (including phenoxy) is 3. The molecule has 42 heavy (non-hydrogen) atoms. The Morgan fingerprint density at radius 2 is 1.76 bits per heavy atom. The van der Waals surface area contributed by atoms with Gasteiger partial charge in [0, 0.05) is 22.6 Å². The first-order valence-electron chi connectivity index (χ1n) is 13.3. The molecule has 0 aliphatic carbocycles. The summed E-state index contributed by atoms with van der Waals surface area (Å²) in [6, 6.07) is 17.6. The summed E-state index contributed by atoms with van der Waals surface area (Å²) in [5, 5.41) is 8.25. The van der Waals surface area contributed by atoms with Crippen LogP contribution in [0.1, 0.15) is 22.3 Å². The highest BCUT2D eigenvalue weighted by atomic mass is 79.9. The highest BCUT2D eigenvalue weighted by Crippen LogP contribution is 2.31. The van der Waals surface area contributed by atoms with Gasteiger partial charge in [-0.2, -0.15) is 20.1 Å². The van der Waals surface area contributed by atoms with Crippen LogP contribution in [0.2, 0.25) is 5.02 Å². The number of benzene rings is 3. The van der Waals surface area contributed by atoms with Crippen molar-refractivity contribution in [2.24, 2.45) is 5.10 Å². The average molecular weight is 653 g/mol. The molecule has 0 bridgehead atoms. The Morgan fingerprint density at radius 3 is 2.52 bits per heavy atom. The van der Waals surface area contributed by atoms with Crippen molar-refractivity contribution in [1.82, 2.24) is 15.0 Å². The molecule has 2 heterocycles. The number of nitrogens with zero attached hydrogens (tertiary/aromatic N) is 5. The van der Waals surface area contributed by atoms with Gasteiger partial charge in [-0.25, -0.2) is 5.43 Å². The molecule has 0 amide bonds. The van der Waals surface area contributed by atoms with Crippen LogP contribution in [0, 0.1) is 13.8 Å². The third-order valence-electron chi connectivity index (χ3n) is 6.49. The maximum absolute atomic E-state index is 6.36. The summed E-state index contributed by atoms with van der Waals surface area (Å²) in [6.45, 7) is 6.98. The Hall–Kier alpha value is -3.93. The van der Waals surface area contributed by atoms with Crippen LogP contribution in [0.25, 0.3) is 0 Å². The SMILES string of the molecule is COc1cc(/C=N/Nc2nc(Nc3cc(Cl)c(C)cc3Br)nc(N3CCOCC3)n2)ccc1OCc1ccc(C)cc1. The number of hydrogen-bond donors (Lipinski definition) is 2. The molecule has 2 N–H and O–H groups in total. The van der Waals surface area contributed by atoms with E-state index >= 15 is 0 Å². The molecule has 1 saturated heterocycles. The fourth-order valence-electron chi connectivity index (χ4n) is 4.13. The van der Waals surface area contributed by atoms with E-state index in [0.717, 1.165) is 26.9 Å². The van der Waals surface area contributed by atoms with Gasteiger partial charge in [0.1, 0.15) is 6.61 Å². The van der Waals surface area contributed by atoms with Crippen molar-refractivity contribution in [1.29, 1.82) is 0 Å². The quantitative estimate of drug-likeness (QED) is 0.146. The number of aromatic nitrogens is 3. The molecule has 10 nitrogen and oxygen atoms in total. The minimum absolute atomic E-state index is 0.282. The molecular weight excluding hydrogens is 622 g/mol. The van der Waals surface area contributed by atoms with Gasteiger partial charge in [0.2, 0.25) is 17.8 Å². The second-order valence-electron chi connectivity index (χ2n) is 9.64. The first-order valence-corrected chi connectivity index (χ1v) is 14.5. The minimum Gasteiger partial charge on any atom is -0.493 e. The number of halogens is 2. The van der Waals surface area contributed by atoms with Gasteiger partial charge in [0.05, 0.1) is 32.2 Å². The van der Waals surface area contributed by atoms with Crippen molar-refractivity contribution in [3.05, 3.63) is 86.3 Å². The Labute approximate surface area is 258 Å². The van der Waals surface area contributed by atoms with E-state index < -0.39 is 0 Å². The molecule has 1 aliphatic heterocycles. The molecule has 4 aromatic rings. The van der Waals surface area contributed by atoms with Gasteiger partial charge in [-0.05, 0) is 76.8 Å². The molecule has 12 heteroatoms. The van der Waals surface area contributed by atoms with E-state index in [2.05, 4.69) is 77.9 Å². The van der Waals surface area contributed by atoms with Crippen molar-refractivity contribution in [2.75, 3.05) is 49.1 Å². The van der Waals surface area contributed by atoms with Crippen LogP contribution in [0.4, 0.5) is 23.5 Å². The van der Waals surface area contributed by atoms with Crippen molar-refractivity contribution in [2.45, 2.75) is 20.5 Å². The van der Waals surface area contributed by atoms with Gasteiger partial charge < -0.3 is 24.4 Å². The van der Waals surface area contributed by atoms with Gasteiger partial charge in [0.25, 0.3) is 0 Å². The van der Waals surface area contributed by atoms with Crippen LogP contribution >= 0.6 is 27.5 Å². The lowest BCUT2D eigenvalue weighted by atomic mass is 10.2. The number of methoxy groups -OCH3 is 1. The van der Waals surface area contributed by atoms with Gasteiger partial charge in [-0.15, -0.1) is 0 Å². The summed E-state index contributed by atoms with van der Waals surface area (Å²) in [6.07, 6.45) is 1.66. The monoisotopic (exact) mass is 651 g/mol. The van der Waals surface area contributed by atoms with Gasteiger partial charge in [-0.1, -0.05) is 41.4 Å². The molecule has 5 rings (SSSR count). The van der Waals surface area contributed by atoms with E-state index in [1.165, 1.54) is 5.56 Å². The first kappa shape index (κ1) is 29.6. The predicted molar refractivity (Wildman–Crippen MR) is 170 cm³/mol. The summed E-state index contributed by atoms with van der Waals surface area (Å²) in [5.41, 5.74) is 7.72. The smallest absolute Gasteiger partial charge is 0.250 e. The van der Waals surface area contributed by atoms with E-state index in [-0.39, 0.29) is 5.95 Å². The van der Waals surface area contributed by atoms with Crippen LogP contribution < -0.4 is 25.1 Å². The normalized spacial score (nSPS) is 13.3. The van der Waals surface area contributed by atoms with Gasteiger partial charge in [0.15, 0.2) is 11.5 Å². The number of hydrazone groups is 1. The molecule has 1 fully saturated rings. The summed E-state index contributed by atoms with van der Waals surface area (Å²) in [5.74, 6) is 2.40. The molecule has 1 aliphatic rings. The second-order valence-corrected chi connectivity index (χ2v) is 10.9. The zero-order valence-corrected chi connectivity index (χ0v) is 25.9. The number of aryl methyl sites for hydroxylation is 2. The molecule has 0 unspecified atom stereocenters. The fraction of sp³-hybridized carbons (Fsp3) is 0.267. The lowest BCUT2D eigenvalue weighted by Gasteiger charge is -2.27. The second kappa shape index (κ2) is 13.8. The summed E-state index contributed by atoms with van der Waals surface area (Å²) in [4.78, 5) is 15.8. The Bertz CT molecular complexity index is 1560. The zero-order valence-electron chi connectivity index (χ0n) is 23.5. The molecule has 0 saturated carbocycles. The van der Waals surface area contributed by atoms with E-state index in [4.69, 9.17) is 25.8 Å². The number of nitrogens with one attached hydrogen (secondary N) is 2. The van der Waals surface area contributed by atoms with Crippen LogP contribution in [-0.2, 0) is 11.3 Å². The average Bonchev–Trinajstić information content (AvgIpc) is 3.00. The van der Waals surface area contributed by atoms with Gasteiger partial charge in [-0.3, -0.25) is 0 Å². The molecular formula is C30H31BrClN7O3.